The predicted octanol–water partition coefficient (Wildman–Crippen LogP) is 3.21. The van der Waals surface area contributed by atoms with E-state index in [2.05, 4.69) is 40.4 Å². The molecule has 0 saturated heterocycles. The van der Waals surface area contributed by atoms with E-state index in [1.54, 1.807) is 6.08 Å². The molecular formula is C11H24O2Si. The molecule has 2 nitrogen and oxygen atoms in total. The summed E-state index contributed by atoms with van der Waals surface area (Å²) in [7, 11) is -1.57. The highest BCUT2D eigenvalue weighted by Gasteiger charge is 2.36. The zero-order chi connectivity index (χ0) is 11.2. The maximum Gasteiger partial charge on any atom is 0.192 e. The fourth-order valence-electron chi connectivity index (χ4n) is 0.739. The van der Waals surface area contributed by atoms with E-state index < -0.39 is 8.32 Å². The summed E-state index contributed by atoms with van der Waals surface area (Å²) in [4.78, 5) is 0. The van der Waals surface area contributed by atoms with Crippen LogP contribution in [-0.2, 0) is 9.16 Å². The molecule has 0 aliphatic rings. The van der Waals surface area contributed by atoms with Gasteiger partial charge in [0.05, 0.1) is 19.8 Å². The van der Waals surface area contributed by atoms with Crippen molar-refractivity contribution in [3.05, 3.63) is 12.7 Å². The Morgan fingerprint density at radius 1 is 1.21 bits per heavy atom. The van der Waals surface area contributed by atoms with E-state index in [1.165, 1.54) is 0 Å². The molecule has 0 bridgehead atoms. The standard InChI is InChI=1S/C11H24O2Si/c1-7-8-12-9-10-13-14(5,6)11(2,3)4/h7H,1,8-10H2,2-6H3. The van der Waals surface area contributed by atoms with E-state index in [0.29, 0.717) is 19.8 Å². The van der Waals surface area contributed by atoms with Gasteiger partial charge in [-0.05, 0) is 18.1 Å². The Hall–Kier alpha value is -0.123. The first kappa shape index (κ1) is 13.9. The lowest BCUT2D eigenvalue weighted by atomic mass is 10.2. The molecule has 0 aliphatic carbocycles. The van der Waals surface area contributed by atoms with Crippen molar-refractivity contribution in [2.45, 2.75) is 38.9 Å². The Labute approximate surface area is 89.4 Å². The summed E-state index contributed by atoms with van der Waals surface area (Å²) in [6.45, 7) is 16.8. The maximum absolute atomic E-state index is 5.92. The molecule has 0 aromatic carbocycles. The van der Waals surface area contributed by atoms with Crippen molar-refractivity contribution in [1.82, 2.24) is 0 Å². The van der Waals surface area contributed by atoms with Gasteiger partial charge in [-0.15, -0.1) is 6.58 Å². The van der Waals surface area contributed by atoms with Crippen LogP contribution in [0.4, 0.5) is 0 Å². The van der Waals surface area contributed by atoms with Crippen molar-refractivity contribution in [3.8, 4) is 0 Å². The van der Waals surface area contributed by atoms with Crippen LogP contribution in [0, 0.1) is 0 Å². The van der Waals surface area contributed by atoms with Crippen molar-refractivity contribution < 1.29 is 9.16 Å². The summed E-state index contributed by atoms with van der Waals surface area (Å²) >= 11 is 0. The highest BCUT2D eigenvalue weighted by atomic mass is 28.4. The van der Waals surface area contributed by atoms with Crippen molar-refractivity contribution in [2.24, 2.45) is 0 Å². The van der Waals surface area contributed by atoms with Gasteiger partial charge in [-0.25, -0.2) is 0 Å². The molecule has 14 heavy (non-hydrogen) atoms. The van der Waals surface area contributed by atoms with Gasteiger partial charge in [-0.2, -0.15) is 0 Å². The lowest BCUT2D eigenvalue weighted by Crippen LogP contribution is -2.41. The van der Waals surface area contributed by atoms with E-state index in [1.807, 2.05) is 0 Å². The smallest absolute Gasteiger partial charge is 0.192 e. The minimum atomic E-state index is -1.57. The molecule has 0 aromatic heterocycles. The zero-order valence-electron chi connectivity index (χ0n) is 10.2. The topological polar surface area (TPSA) is 18.5 Å². The van der Waals surface area contributed by atoms with Crippen LogP contribution in [-0.4, -0.2) is 28.1 Å². The third-order valence-corrected chi connectivity index (χ3v) is 7.27. The third-order valence-electron chi connectivity index (χ3n) is 2.73. The van der Waals surface area contributed by atoms with E-state index in [4.69, 9.17) is 9.16 Å². The highest BCUT2D eigenvalue weighted by molar-refractivity contribution is 6.74. The fraction of sp³-hybridized carbons (Fsp3) is 0.818. The number of rotatable bonds is 6. The lowest BCUT2D eigenvalue weighted by molar-refractivity contribution is 0.115. The van der Waals surface area contributed by atoms with Gasteiger partial charge in [0, 0.05) is 0 Å². The van der Waals surface area contributed by atoms with Crippen LogP contribution in [0.25, 0.3) is 0 Å². The van der Waals surface area contributed by atoms with Gasteiger partial charge in [0.1, 0.15) is 0 Å². The molecule has 0 amide bonds. The molecule has 0 radical (unpaired) electrons. The Morgan fingerprint density at radius 2 is 1.79 bits per heavy atom. The second-order valence-electron chi connectivity index (χ2n) is 4.97. The normalized spacial score (nSPS) is 12.9. The molecule has 0 aliphatic heterocycles. The summed E-state index contributed by atoms with van der Waals surface area (Å²) in [5.74, 6) is 0. The Balaban J connectivity index is 3.72. The quantitative estimate of drug-likeness (QED) is 0.385. The molecule has 0 rings (SSSR count). The van der Waals surface area contributed by atoms with Gasteiger partial charge in [0.15, 0.2) is 8.32 Å². The van der Waals surface area contributed by atoms with Crippen LogP contribution in [0.5, 0.6) is 0 Å². The van der Waals surface area contributed by atoms with E-state index >= 15 is 0 Å². The molecule has 3 heteroatoms. The molecule has 0 N–H and O–H groups in total. The Kier molecular flexibility index (Phi) is 5.63. The molecule has 0 fully saturated rings. The van der Waals surface area contributed by atoms with Crippen LogP contribution in [0.2, 0.25) is 18.1 Å². The molecule has 0 saturated carbocycles. The Bertz CT molecular complexity index is 171. The van der Waals surface area contributed by atoms with Gasteiger partial charge in [-0.1, -0.05) is 26.8 Å². The maximum atomic E-state index is 5.92. The van der Waals surface area contributed by atoms with Crippen molar-refractivity contribution in [3.63, 3.8) is 0 Å². The predicted molar refractivity (Wildman–Crippen MR) is 64.2 cm³/mol. The molecule has 0 atom stereocenters. The van der Waals surface area contributed by atoms with Crippen LogP contribution in [0.3, 0.4) is 0 Å². The zero-order valence-corrected chi connectivity index (χ0v) is 11.2. The van der Waals surface area contributed by atoms with Crippen LogP contribution in [0.15, 0.2) is 12.7 Å². The average Bonchev–Trinajstić information content (AvgIpc) is 2.02. The van der Waals surface area contributed by atoms with Crippen LogP contribution >= 0.6 is 0 Å². The number of hydrogen-bond acceptors (Lipinski definition) is 2. The summed E-state index contributed by atoms with van der Waals surface area (Å²) in [6, 6.07) is 0. The largest absolute Gasteiger partial charge is 0.414 e. The number of hydrogen-bond donors (Lipinski definition) is 0. The molecule has 0 unspecified atom stereocenters. The van der Waals surface area contributed by atoms with Crippen molar-refractivity contribution in [2.75, 3.05) is 19.8 Å². The van der Waals surface area contributed by atoms with Gasteiger partial charge in [-0.3, -0.25) is 0 Å². The minimum absolute atomic E-state index is 0.283. The molecule has 0 spiro atoms. The molecule has 84 valence electrons. The second kappa shape index (κ2) is 5.68. The first-order valence-electron chi connectivity index (χ1n) is 5.14. The SMILES string of the molecule is C=CCOCCO[Si](C)(C)C(C)(C)C. The van der Waals surface area contributed by atoms with Crippen molar-refractivity contribution >= 4 is 8.32 Å². The first-order chi connectivity index (χ1) is 6.31. The highest BCUT2D eigenvalue weighted by Crippen LogP contribution is 2.36. The number of ether oxygens (including phenoxy) is 1. The average molecular weight is 216 g/mol. The van der Waals surface area contributed by atoms with Crippen LogP contribution < -0.4 is 0 Å². The van der Waals surface area contributed by atoms with Gasteiger partial charge < -0.3 is 9.16 Å². The van der Waals surface area contributed by atoms with Gasteiger partial charge >= 0.3 is 0 Å². The molecule has 0 heterocycles. The van der Waals surface area contributed by atoms with E-state index in [0.717, 1.165) is 0 Å². The van der Waals surface area contributed by atoms with Crippen molar-refractivity contribution in [1.29, 1.82) is 0 Å². The minimum Gasteiger partial charge on any atom is -0.414 e. The van der Waals surface area contributed by atoms with Gasteiger partial charge in [0.2, 0.25) is 0 Å². The summed E-state index contributed by atoms with van der Waals surface area (Å²) in [5.41, 5.74) is 0. The molecular weight excluding hydrogens is 192 g/mol. The monoisotopic (exact) mass is 216 g/mol. The Morgan fingerprint density at radius 3 is 2.21 bits per heavy atom. The van der Waals surface area contributed by atoms with E-state index in [9.17, 15) is 0 Å². The van der Waals surface area contributed by atoms with Gasteiger partial charge in [0.25, 0.3) is 0 Å². The molecule has 0 aromatic rings. The van der Waals surface area contributed by atoms with Crippen LogP contribution in [0.1, 0.15) is 20.8 Å². The van der Waals surface area contributed by atoms with E-state index in [-0.39, 0.29) is 5.04 Å². The second-order valence-corrected chi connectivity index (χ2v) is 9.78. The fourth-order valence-corrected chi connectivity index (χ4v) is 1.77. The summed E-state index contributed by atoms with van der Waals surface area (Å²) < 4.78 is 11.2. The summed E-state index contributed by atoms with van der Waals surface area (Å²) in [6.07, 6.45) is 1.76. The lowest BCUT2D eigenvalue weighted by Gasteiger charge is -2.36. The third kappa shape index (κ3) is 4.93. The first-order valence-corrected chi connectivity index (χ1v) is 8.04. The summed E-state index contributed by atoms with van der Waals surface area (Å²) in [5, 5.41) is 0.283.